The second-order valence-electron chi connectivity index (χ2n) is 6.24. The first-order chi connectivity index (χ1) is 11.3. The third kappa shape index (κ3) is 4.32. The summed E-state index contributed by atoms with van der Waals surface area (Å²) < 4.78 is 5.23. The van der Waals surface area contributed by atoms with Crippen LogP contribution in [-0.2, 0) is 19.1 Å². The van der Waals surface area contributed by atoms with Gasteiger partial charge in [0.25, 0.3) is 0 Å². The maximum atomic E-state index is 12.6. The van der Waals surface area contributed by atoms with Gasteiger partial charge in [0.1, 0.15) is 5.41 Å². The van der Waals surface area contributed by atoms with Gasteiger partial charge < -0.3 is 20.3 Å². The summed E-state index contributed by atoms with van der Waals surface area (Å²) in [6.07, 6.45) is 0. The smallest absolute Gasteiger partial charge is 0.239 e. The minimum atomic E-state index is -1.17. The molecule has 1 aliphatic heterocycles. The normalized spacial score (nSPS) is 14.9. The quantitative estimate of drug-likeness (QED) is 0.817. The number of hydrogen-bond donors (Lipinski definition) is 2. The Hall–Kier alpha value is -2.41. The van der Waals surface area contributed by atoms with Gasteiger partial charge in [-0.25, -0.2) is 0 Å². The number of amides is 3. The first-order valence-electron chi connectivity index (χ1n) is 7.87. The fourth-order valence-corrected chi connectivity index (χ4v) is 2.39. The second-order valence-corrected chi connectivity index (χ2v) is 6.24. The van der Waals surface area contributed by atoms with E-state index in [2.05, 4.69) is 10.6 Å². The van der Waals surface area contributed by atoms with Crippen molar-refractivity contribution in [1.82, 2.24) is 4.90 Å². The van der Waals surface area contributed by atoms with Gasteiger partial charge in [-0.1, -0.05) is 0 Å². The van der Waals surface area contributed by atoms with Crippen molar-refractivity contribution < 1.29 is 19.1 Å². The van der Waals surface area contributed by atoms with Crippen LogP contribution in [0.2, 0.25) is 0 Å². The number of hydrogen-bond acceptors (Lipinski definition) is 4. The molecule has 2 rings (SSSR count). The van der Waals surface area contributed by atoms with Crippen LogP contribution in [0.3, 0.4) is 0 Å². The molecule has 1 heterocycles. The fourth-order valence-electron chi connectivity index (χ4n) is 2.39. The maximum absolute atomic E-state index is 12.6. The summed E-state index contributed by atoms with van der Waals surface area (Å²) in [7, 11) is 0. The minimum Gasteiger partial charge on any atom is -0.378 e. The molecule has 0 saturated carbocycles. The molecule has 0 radical (unpaired) electrons. The molecule has 7 nitrogen and oxygen atoms in total. The lowest BCUT2D eigenvalue weighted by atomic mass is 9.90. The van der Waals surface area contributed by atoms with Gasteiger partial charge in [0, 0.05) is 31.4 Å². The van der Waals surface area contributed by atoms with Gasteiger partial charge >= 0.3 is 0 Å². The molecule has 0 unspecified atom stereocenters. The average Bonchev–Trinajstić information content (AvgIpc) is 2.56. The van der Waals surface area contributed by atoms with Crippen LogP contribution >= 0.6 is 0 Å². The van der Waals surface area contributed by atoms with Crippen molar-refractivity contribution in [3.05, 3.63) is 24.3 Å². The number of carbonyl (C=O) groups excluding carboxylic acids is 3. The molecule has 0 atom stereocenters. The standard InChI is InChI=1S/C17H23N3O4/c1-12(21)18-13-4-6-14(7-5-13)19-15(22)17(2,3)16(23)20-8-10-24-11-9-20/h4-7H,8-11H2,1-3H3,(H,18,21)(H,19,22). The highest BCUT2D eigenvalue weighted by molar-refractivity contribution is 6.09. The van der Waals surface area contributed by atoms with Crippen LogP contribution in [0.15, 0.2) is 24.3 Å². The third-order valence-electron chi connectivity index (χ3n) is 3.86. The number of anilines is 2. The number of carbonyl (C=O) groups is 3. The number of morpholine rings is 1. The summed E-state index contributed by atoms with van der Waals surface area (Å²) in [5, 5.41) is 5.40. The Morgan fingerprint density at radius 1 is 1.00 bits per heavy atom. The first-order valence-corrected chi connectivity index (χ1v) is 7.87. The molecule has 0 bridgehead atoms. The van der Waals surface area contributed by atoms with Gasteiger partial charge in [-0.15, -0.1) is 0 Å². The molecular formula is C17H23N3O4. The van der Waals surface area contributed by atoms with Gasteiger partial charge in [-0.05, 0) is 38.1 Å². The Bertz CT molecular complexity index is 619. The molecule has 1 fully saturated rings. The zero-order chi connectivity index (χ0) is 17.7. The summed E-state index contributed by atoms with van der Waals surface area (Å²) in [6, 6.07) is 6.73. The molecular weight excluding hydrogens is 310 g/mol. The van der Waals surface area contributed by atoms with Crippen LogP contribution in [0.1, 0.15) is 20.8 Å². The predicted octanol–water partition coefficient (Wildman–Crippen LogP) is 1.47. The highest BCUT2D eigenvalue weighted by atomic mass is 16.5. The van der Waals surface area contributed by atoms with Gasteiger partial charge in [-0.2, -0.15) is 0 Å². The summed E-state index contributed by atoms with van der Waals surface area (Å²) >= 11 is 0. The van der Waals surface area contributed by atoms with E-state index in [1.165, 1.54) is 6.92 Å². The number of ether oxygens (including phenoxy) is 1. The van der Waals surface area contributed by atoms with E-state index in [-0.39, 0.29) is 17.7 Å². The average molecular weight is 333 g/mol. The van der Waals surface area contributed by atoms with Crippen LogP contribution in [-0.4, -0.2) is 48.9 Å². The van der Waals surface area contributed by atoms with Crippen molar-refractivity contribution in [2.75, 3.05) is 36.9 Å². The summed E-state index contributed by atoms with van der Waals surface area (Å²) in [5.74, 6) is -0.742. The zero-order valence-corrected chi connectivity index (χ0v) is 14.2. The number of nitrogens with zero attached hydrogens (tertiary/aromatic N) is 1. The van der Waals surface area contributed by atoms with E-state index >= 15 is 0 Å². The lowest BCUT2D eigenvalue weighted by molar-refractivity contribution is -0.149. The van der Waals surface area contributed by atoms with Gasteiger partial charge in [0.2, 0.25) is 17.7 Å². The molecule has 130 valence electrons. The van der Waals surface area contributed by atoms with E-state index in [9.17, 15) is 14.4 Å². The van der Waals surface area contributed by atoms with Crippen molar-refractivity contribution >= 4 is 29.1 Å². The summed E-state index contributed by atoms with van der Waals surface area (Å²) in [5.41, 5.74) is 0.0364. The molecule has 24 heavy (non-hydrogen) atoms. The SMILES string of the molecule is CC(=O)Nc1ccc(NC(=O)C(C)(C)C(=O)N2CCOCC2)cc1. The number of benzene rings is 1. The fraction of sp³-hybridized carbons (Fsp3) is 0.471. The van der Waals surface area contributed by atoms with Crippen LogP contribution in [0, 0.1) is 5.41 Å². The Morgan fingerprint density at radius 2 is 1.50 bits per heavy atom. The Labute approximate surface area is 141 Å². The van der Waals surface area contributed by atoms with Crippen molar-refractivity contribution in [3.63, 3.8) is 0 Å². The molecule has 0 aromatic heterocycles. The largest absolute Gasteiger partial charge is 0.378 e. The Balaban J connectivity index is 2.01. The van der Waals surface area contributed by atoms with Gasteiger partial charge in [0.05, 0.1) is 13.2 Å². The predicted molar refractivity (Wildman–Crippen MR) is 90.6 cm³/mol. The van der Waals surface area contributed by atoms with Crippen molar-refractivity contribution in [3.8, 4) is 0 Å². The van der Waals surface area contributed by atoms with Gasteiger partial charge in [0.15, 0.2) is 0 Å². The number of rotatable bonds is 4. The van der Waals surface area contributed by atoms with Crippen LogP contribution in [0.25, 0.3) is 0 Å². The molecule has 2 N–H and O–H groups in total. The second kappa shape index (κ2) is 7.44. The highest BCUT2D eigenvalue weighted by Gasteiger charge is 2.39. The lowest BCUT2D eigenvalue weighted by Crippen LogP contribution is -2.51. The molecule has 3 amide bonds. The monoisotopic (exact) mass is 333 g/mol. The van der Waals surface area contributed by atoms with Crippen molar-refractivity contribution in [1.29, 1.82) is 0 Å². The first kappa shape index (κ1) is 17.9. The van der Waals surface area contributed by atoms with E-state index in [0.29, 0.717) is 37.7 Å². The third-order valence-corrected chi connectivity index (χ3v) is 3.86. The topological polar surface area (TPSA) is 87.7 Å². The van der Waals surface area contributed by atoms with E-state index in [0.717, 1.165) is 0 Å². The molecule has 0 aliphatic carbocycles. The zero-order valence-electron chi connectivity index (χ0n) is 14.2. The van der Waals surface area contributed by atoms with Crippen LogP contribution < -0.4 is 10.6 Å². The van der Waals surface area contributed by atoms with Crippen LogP contribution in [0.4, 0.5) is 11.4 Å². The molecule has 1 aromatic rings. The molecule has 1 aromatic carbocycles. The minimum absolute atomic E-state index is 0.163. The van der Waals surface area contributed by atoms with E-state index < -0.39 is 5.41 Å². The number of nitrogens with one attached hydrogen (secondary N) is 2. The van der Waals surface area contributed by atoms with Crippen molar-refractivity contribution in [2.24, 2.45) is 5.41 Å². The van der Waals surface area contributed by atoms with Gasteiger partial charge in [-0.3, -0.25) is 14.4 Å². The maximum Gasteiger partial charge on any atom is 0.239 e. The molecule has 7 heteroatoms. The van der Waals surface area contributed by atoms with Crippen LogP contribution in [0.5, 0.6) is 0 Å². The molecule has 0 spiro atoms. The highest BCUT2D eigenvalue weighted by Crippen LogP contribution is 2.23. The van der Waals surface area contributed by atoms with E-state index in [1.54, 1.807) is 43.0 Å². The summed E-state index contributed by atoms with van der Waals surface area (Å²) in [4.78, 5) is 37.8. The summed E-state index contributed by atoms with van der Waals surface area (Å²) in [6.45, 7) is 6.65. The Kier molecular flexibility index (Phi) is 5.56. The van der Waals surface area contributed by atoms with E-state index in [1.807, 2.05) is 0 Å². The van der Waals surface area contributed by atoms with Crippen molar-refractivity contribution in [2.45, 2.75) is 20.8 Å². The lowest BCUT2D eigenvalue weighted by Gasteiger charge is -2.33. The van der Waals surface area contributed by atoms with E-state index in [4.69, 9.17) is 4.74 Å². The Morgan fingerprint density at radius 3 is 2.00 bits per heavy atom. The molecule has 1 aliphatic rings. The molecule has 1 saturated heterocycles.